The van der Waals surface area contributed by atoms with Crippen LogP contribution in [0.4, 0.5) is 0 Å². The van der Waals surface area contributed by atoms with E-state index in [1.807, 2.05) is 0 Å². The van der Waals surface area contributed by atoms with Gasteiger partial charge in [0.25, 0.3) is 5.56 Å². The molecular formula is C22H16Cl4O6. The molecule has 0 aromatic heterocycles. The summed E-state index contributed by atoms with van der Waals surface area (Å²) < 4.78 is 20.4. The number of hydrogen-bond acceptors (Lipinski definition) is 6. The zero-order valence-corrected chi connectivity index (χ0v) is 19.4. The number of halogens is 4. The second-order valence-electron chi connectivity index (χ2n) is 5.74. The predicted molar refractivity (Wildman–Crippen MR) is 123 cm³/mol. The Morgan fingerprint density at radius 2 is 1.69 bits per heavy atom. The maximum absolute atomic E-state index is 11.8. The first-order chi connectivity index (χ1) is 15.3. The molecule has 0 saturated heterocycles. The largest absolute Gasteiger partial charge is 0.488 e. The van der Waals surface area contributed by atoms with Gasteiger partial charge in [-0.05, 0) is 48.5 Å². The molecule has 10 heteroatoms. The Bertz CT molecular complexity index is 1010. The van der Waals surface area contributed by atoms with Crippen molar-refractivity contribution in [3.8, 4) is 23.3 Å². The van der Waals surface area contributed by atoms with Crippen LogP contribution in [0.25, 0.3) is 0 Å². The normalized spacial score (nSPS) is 11.2. The van der Waals surface area contributed by atoms with E-state index < -0.39 is 17.5 Å². The number of carbonyl (C=O) groups is 2. The van der Waals surface area contributed by atoms with E-state index in [2.05, 4.69) is 11.8 Å². The number of hydrogen-bond donors (Lipinski definition) is 0. The fourth-order valence-corrected chi connectivity index (χ4v) is 2.75. The molecule has 0 spiro atoms. The number of ether oxygens (including phenoxy) is 4. The zero-order valence-electron chi connectivity index (χ0n) is 16.4. The van der Waals surface area contributed by atoms with E-state index in [1.165, 1.54) is 6.08 Å². The molecule has 0 amide bonds. The van der Waals surface area contributed by atoms with Crippen LogP contribution in [0.3, 0.4) is 0 Å². The van der Waals surface area contributed by atoms with Crippen LogP contribution in [0, 0.1) is 11.8 Å². The number of benzene rings is 2. The molecule has 2 rings (SSSR count). The van der Waals surface area contributed by atoms with Gasteiger partial charge in [0, 0.05) is 16.1 Å². The lowest BCUT2D eigenvalue weighted by Crippen LogP contribution is -2.23. The highest BCUT2D eigenvalue weighted by Gasteiger charge is 2.18. The molecule has 0 N–H and O–H groups in total. The van der Waals surface area contributed by atoms with E-state index in [1.54, 1.807) is 42.5 Å². The number of alkyl halides is 1. The van der Waals surface area contributed by atoms with Gasteiger partial charge >= 0.3 is 11.9 Å². The van der Waals surface area contributed by atoms with E-state index in [9.17, 15) is 9.59 Å². The van der Waals surface area contributed by atoms with Gasteiger partial charge < -0.3 is 18.9 Å². The first-order valence-corrected chi connectivity index (χ1v) is 10.5. The summed E-state index contributed by atoms with van der Waals surface area (Å²) in [6, 6.07) is 11.1. The second-order valence-corrected chi connectivity index (χ2v) is 7.42. The number of rotatable bonds is 9. The molecule has 0 bridgehead atoms. The Hall–Kier alpha value is -2.56. The lowest BCUT2D eigenvalue weighted by atomic mass is 10.3. The van der Waals surface area contributed by atoms with Crippen LogP contribution >= 0.6 is 46.4 Å². The number of esters is 2. The Morgan fingerprint density at radius 3 is 2.41 bits per heavy atom. The van der Waals surface area contributed by atoms with Gasteiger partial charge in [0.2, 0.25) is 0 Å². The van der Waals surface area contributed by atoms with Crippen molar-refractivity contribution in [2.45, 2.75) is 5.56 Å². The average molecular weight is 518 g/mol. The van der Waals surface area contributed by atoms with Crippen LogP contribution in [0.2, 0.25) is 15.1 Å². The Morgan fingerprint density at radius 1 is 0.969 bits per heavy atom. The van der Waals surface area contributed by atoms with Gasteiger partial charge in [-0.3, -0.25) is 0 Å². The zero-order chi connectivity index (χ0) is 23.3. The van der Waals surface area contributed by atoms with Gasteiger partial charge in [-0.1, -0.05) is 58.2 Å². The first-order valence-electron chi connectivity index (χ1n) is 8.97. The van der Waals surface area contributed by atoms with Crippen molar-refractivity contribution >= 4 is 58.3 Å². The van der Waals surface area contributed by atoms with Crippen LogP contribution in [-0.4, -0.2) is 37.3 Å². The van der Waals surface area contributed by atoms with Crippen molar-refractivity contribution in [1.82, 2.24) is 0 Å². The molecule has 1 unspecified atom stereocenters. The molecule has 32 heavy (non-hydrogen) atoms. The van der Waals surface area contributed by atoms with E-state index in [0.717, 1.165) is 6.08 Å². The standard InChI is InChI=1S/C22H16Cl4O6/c23-15-5-8-17(9-6-15)32-21(26)22(28)31-11-3-1-2-4-20(27)30-13-12-29-19-10-7-16(24)14-18(19)25/h2,4-10,14,21H,11-13H2. The van der Waals surface area contributed by atoms with Crippen LogP contribution in [-0.2, 0) is 19.1 Å². The van der Waals surface area contributed by atoms with E-state index >= 15 is 0 Å². The Balaban J connectivity index is 1.61. The van der Waals surface area contributed by atoms with E-state index in [-0.39, 0.29) is 19.8 Å². The van der Waals surface area contributed by atoms with Crippen LogP contribution in [0.15, 0.2) is 54.6 Å². The number of allylic oxidation sites excluding steroid dienone is 1. The second kappa shape index (κ2) is 13.8. The van der Waals surface area contributed by atoms with Gasteiger partial charge in [-0.15, -0.1) is 0 Å². The highest BCUT2D eigenvalue weighted by molar-refractivity contribution is 6.35. The van der Waals surface area contributed by atoms with Crippen LogP contribution < -0.4 is 9.47 Å². The minimum atomic E-state index is -1.34. The van der Waals surface area contributed by atoms with Gasteiger partial charge in [-0.25, -0.2) is 9.59 Å². The lowest BCUT2D eigenvalue weighted by molar-refractivity contribution is -0.146. The summed E-state index contributed by atoms with van der Waals surface area (Å²) in [6.07, 6.45) is 2.38. The number of carbonyl (C=O) groups excluding carboxylic acids is 2. The third kappa shape index (κ3) is 9.71. The molecule has 6 nitrogen and oxygen atoms in total. The van der Waals surface area contributed by atoms with E-state index in [4.69, 9.17) is 65.4 Å². The highest BCUT2D eigenvalue weighted by Crippen LogP contribution is 2.27. The van der Waals surface area contributed by atoms with Crippen molar-refractivity contribution in [3.63, 3.8) is 0 Å². The molecule has 0 fully saturated rings. The highest BCUT2D eigenvalue weighted by atomic mass is 35.5. The molecule has 0 radical (unpaired) electrons. The van der Waals surface area contributed by atoms with Crippen molar-refractivity contribution < 1.29 is 28.5 Å². The third-order valence-electron chi connectivity index (χ3n) is 3.41. The third-order valence-corrected chi connectivity index (χ3v) is 4.46. The van der Waals surface area contributed by atoms with Crippen molar-refractivity contribution in [1.29, 1.82) is 0 Å². The summed E-state index contributed by atoms with van der Waals surface area (Å²) in [5, 5.41) is 1.37. The molecule has 0 aliphatic rings. The molecule has 2 aromatic rings. The van der Waals surface area contributed by atoms with Crippen molar-refractivity contribution in [3.05, 3.63) is 69.7 Å². The van der Waals surface area contributed by atoms with Crippen LogP contribution in [0.5, 0.6) is 11.5 Å². The molecule has 0 saturated carbocycles. The molecule has 0 aliphatic heterocycles. The molecule has 2 aromatic carbocycles. The SMILES string of the molecule is O=C(C=CC#CCOC(=O)C(Cl)Oc1ccc(Cl)cc1)OCCOc1ccc(Cl)cc1Cl. The molecule has 168 valence electrons. The lowest BCUT2D eigenvalue weighted by Gasteiger charge is -2.10. The predicted octanol–water partition coefficient (Wildman–Crippen LogP) is 5.32. The molecule has 0 heterocycles. The van der Waals surface area contributed by atoms with Gasteiger partial charge in [-0.2, -0.15) is 0 Å². The molecule has 0 aliphatic carbocycles. The Kier molecular flexibility index (Phi) is 11.1. The summed E-state index contributed by atoms with van der Waals surface area (Å²) in [7, 11) is 0. The van der Waals surface area contributed by atoms with E-state index in [0.29, 0.717) is 26.6 Å². The van der Waals surface area contributed by atoms with Gasteiger partial charge in [0.1, 0.15) is 24.7 Å². The monoisotopic (exact) mass is 516 g/mol. The Labute approximate surface area is 204 Å². The van der Waals surface area contributed by atoms with Crippen molar-refractivity contribution in [2.24, 2.45) is 0 Å². The topological polar surface area (TPSA) is 71.1 Å². The first kappa shape index (κ1) is 25.7. The molecule has 1 atom stereocenters. The molecular weight excluding hydrogens is 502 g/mol. The summed E-state index contributed by atoms with van der Waals surface area (Å²) in [5.74, 6) is 4.43. The summed E-state index contributed by atoms with van der Waals surface area (Å²) in [6.45, 7) is -0.112. The van der Waals surface area contributed by atoms with Crippen LogP contribution in [0.1, 0.15) is 0 Å². The summed E-state index contributed by atoms with van der Waals surface area (Å²) in [4.78, 5) is 23.3. The average Bonchev–Trinajstić information content (AvgIpc) is 2.76. The van der Waals surface area contributed by atoms with Crippen molar-refractivity contribution in [2.75, 3.05) is 19.8 Å². The quantitative estimate of drug-likeness (QED) is 0.147. The maximum Gasteiger partial charge on any atom is 0.364 e. The fourth-order valence-electron chi connectivity index (χ4n) is 2.00. The van der Waals surface area contributed by atoms with Gasteiger partial charge in [0.05, 0.1) is 5.02 Å². The minimum Gasteiger partial charge on any atom is -0.488 e. The summed E-state index contributed by atoms with van der Waals surface area (Å²) >= 11 is 23.3. The maximum atomic E-state index is 11.8. The smallest absolute Gasteiger partial charge is 0.364 e. The summed E-state index contributed by atoms with van der Waals surface area (Å²) in [5.41, 5.74) is -1.34. The fraction of sp³-hybridized carbons (Fsp3) is 0.182. The minimum absolute atomic E-state index is 0.0118. The van der Waals surface area contributed by atoms with Gasteiger partial charge in [0.15, 0.2) is 6.61 Å².